The van der Waals surface area contributed by atoms with E-state index in [1.54, 1.807) is 0 Å². The maximum Gasteiger partial charge on any atom is 0.412 e. The van der Waals surface area contributed by atoms with Crippen LogP contribution in [-0.4, -0.2) is 28.7 Å². The van der Waals surface area contributed by atoms with E-state index in [4.69, 9.17) is 14.6 Å². The number of benzene rings is 2. The van der Waals surface area contributed by atoms with E-state index in [0.29, 0.717) is 22.7 Å². The molecule has 0 aliphatic rings. The minimum Gasteiger partial charge on any atom is -0.496 e. The average molecular weight is 583 g/mol. The van der Waals surface area contributed by atoms with Crippen LogP contribution < -0.4 is 10.1 Å². The number of anilines is 1. The minimum atomic E-state index is -1.11. The van der Waals surface area contributed by atoms with Gasteiger partial charge >= 0.3 is 12.1 Å². The van der Waals surface area contributed by atoms with E-state index >= 15 is 0 Å². The molecule has 0 aliphatic carbocycles. The van der Waals surface area contributed by atoms with Gasteiger partial charge in [-0.05, 0) is 55.2 Å². The number of methoxy groups -OCH3 is 1. The maximum absolute atomic E-state index is 14.6. The van der Waals surface area contributed by atoms with E-state index in [0.717, 1.165) is 29.6 Å². The lowest BCUT2D eigenvalue weighted by Gasteiger charge is -2.14. The monoisotopic (exact) mass is 582 g/mol. The molecule has 1 atom stereocenters. The first-order chi connectivity index (χ1) is 18.7. The van der Waals surface area contributed by atoms with Gasteiger partial charge in [0.25, 0.3) is 0 Å². The number of fused-ring (bicyclic) bond motifs is 1. The number of carboxylic acid groups (broad SMARTS) is 1. The van der Waals surface area contributed by atoms with Crippen LogP contribution in [0.5, 0.6) is 5.75 Å². The number of hydrogen-bond donors (Lipinski definition) is 2. The van der Waals surface area contributed by atoms with Gasteiger partial charge in [-0.15, -0.1) is 22.7 Å². The third-order valence-corrected chi connectivity index (χ3v) is 9.49. The number of ether oxygens (including phenoxy) is 2. The Morgan fingerprint density at radius 3 is 2.46 bits per heavy atom. The molecule has 39 heavy (non-hydrogen) atoms. The maximum atomic E-state index is 14.6. The van der Waals surface area contributed by atoms with Crippen molar-refractivity contribution in [1.82, 2.24) is 4.37 Å². The number of aromatic nitrogens is 1. The highest BCUT2D eigenvalue weighted by molar-refractivity contribution is 7.32. The molecule has 5 rings (SSSR count). The molecule has 0 saturated heterocycles. The van der Waals surface area contributed by atoms with Gasteiger partial charge in [0, 0.05) is 25.4 Å². The molecule has 0 saturated carbocycles. The third-order valence-electron chi connectivity index (χ3n) is 6.05. The van der Waals surface area contributed by atoms with Gasteiger partial charge in [0.1, 0.15) is 17.7 Å². The lowest BCUT2D eigenvalue weighted by Crippen LogP contribution is -2.16. The van der Waals surface area contributed by atoms with E-state index in [2.05, 4.69) is 9.69 Å². The van der Waals surface area contributed by atoms with Crippen molar-refractivity contribution in [3.8, 4) is 25.9 Å². The van der Waals surface area contributed by atoms with Crippen LogP contribution >= 0.6 is 34.2 Å². The first kappa shape index (κ1) is 26.8. The Balaban J connectivity index is 1.39. The minimum absolute atomic E-state index is 0.0704. The molecule has 3 heterocycles. The number of nitrogens with zero attached hydrogens (tertiary/aromatic N) is 1. The highest BCUT2D eigenvalue weighted by Gasteiger charge is 2.21. The smallest absolute Gasteiger partial charge is 0.412 e. The zero-order chi connectivity index (χ0) is 27.7. The summed E-state index contributed by atoms with van der Waals surface area (Å²) in [4.78, 5) is 26.3. The molecule has 2 aromatic carbocycles. The van der Waals surface area contributed by atoms with Crippen LogP contribution in [0.3, 0.4) is 0 Å². The normalized spacial score (nSPS) is 11.9. The van der Waals surface area contributed by atoms with Crippen molar-refractivity contribution in [3.63, 3.8) is 0 Å². The summed E-state index contributed by atoms with van der Waals surface area (Å²) in [6.07, 6.45) is -1.39. The molecule has 5 aromatic rings. The summed E-state index contributed by atoms with van der Waals surface area (Å²) in [6, 6.07) is 16.2. The fourth-order valence-electron chi connectivity index (χ4n) is 4.10. The first-order valence-electron chi connectivity index (χ1n) is 11.8. The number of carbonyl (C=O) groups is 2. The molecular weight excluding hydrogens is 560 g/mol. The van der Waals surface area contributed by atoms with Gasteiger partial charge in [-0.25, -0.2) is 9.18 Å². The van der Waals surface area contributed by atoms with Gasteiger partial charge < -0.3 is 14.6 Å². The zero-order valence-electron chi connectivity index (χ0n) is 21.1. The Hall–Kier alpha value is -3.80. The van der Waals surface area contributed by atoms with Gasteiger partial charge in [0.2, 0.25) is 0 Å². The Morgan fingerprint density at radius 2 is 1.77 bits per heavy atom. The fourth-order valence-corrected chi connectivity index (χ4v) is 7.46. The number of nitrogens with one attached hydrogen (secondary N) is 1. The molecule has 2 N–H and O–H groups in total. The second kappa shape index (κ2) is 11.1. The summed E-state index contributed by atoms with van der Waals surface area (Å²) in [6.45, 7) is 3.65. The lowest BCUT2D eigenvalue weighted by atomic mass is 10.1. The topological polar surface area (TPSA) is 97.8 Å². The van der Waals surface area contributed by atoms with Crippen LogP contribution in [0.15, 0.2) is 54.6 Å². The van der Waals surface area contributed by atoms with Crippen LogP contribution in [-0.2, 0) is 16.0 Å². The molecule has 0 unspecified atom stereocenters. The molecule has 0 bridgehead atoms. The molecule has 11 heteroatoms. The number of halogens is 1. The highest BCUT2D eigenvalue weighted by Crippen LogP contribution is 2.47. The summed E-state index contributed by atoms with van der Waals surface area (Å²) < 4.78 is 32.1. The molecule has 7 nitrogen and oxygen atoms in total. The Bertz CT molecular complexity index is 1640. The van der Waals surface area contributed by atoms with Crippen molar-refractivity contribution >= 4 is 61.4 Å². The molecule has 3 aromatic heterocycles. The number of amides is 1. The first-order valence-corrected chi connectivity index (χ1v) is 14.2. The van der Waals surface area contributed by atoms with Crippen LogP contribution in [0.4, 0.5) is 14.9 Å². The van der Waals surface area contributed by atoms with Crippen molar-refractivity contribution in [3.05, 3.63) is 77.2 Å². The summed E-state index contributed by atoms with van der Waals surface area (Å²) in [7, 11) is 1.47. The highest BCUT2D eigenvalue weighted by atomic mass is 32.1. The molecule has 0 fully saturated rings. The van der Waals surface area contributed by atoms with Gasteiger partial charge in [0.05, 0.1) is 34.7 Å². The van der Waals surface area contributed by atoms with Crippen LogP contribution in [0, 0.1) is 12.7 Å². The Kier molecular flexibility index (Phi) is 7.65. The molecule has 0 aliphatic heterocycles. The van der Waals surface area contributed by atoms with Gasteiger partial charge in [-0.2, -0.15) is 4.37 Å². The fraction of sp³-hybridized carbons (Fsp3) is 0.179. The summed E-state index contributed by atoms with van der Waals surface area (Å²) in [5, 5.41) is 11.9. The number of carbonyl (C=O) groups excluding carboxylic acids is 1. The summed E-state index contributed by atoms with van der Waals surface area (Å²) in [5.74, 6) is -1.29. The number of aliphatic carboxylic acids is 1. The van der Waals surface area contributed by atoms with Gasteiger partial charge in [-0.3, -0.25) is 10.1 Å². The average Bonchev–Trinajstić information content (AvgIpc) is 3.59. The standard InChI is InChI=1S/C28H23FN2O5S3/c1-14-26(30-28(34)36-15(2)16-7-5-4-6-8-16)27(39-31-14)24-13-23-22(38-24)12-21(37-23)18-11-19(29)17(10-25(32)33)9-20(18)35-3/h4-9,11-13,15H,10H2,1-3H3,(H,30,34)(H,32,33)/t15-/m1/s1. The molecule has 0 spiro atoms. The van der Waals surface area contributed by atoms with E-state index in [9.17, 15) is 14.0 Å². The van der Waals surface area contributed by atoms with Crippen molar-refractivity contribution in [2.45, 2.75) is 26.4 Å². The number of carboxylic acids is 1. The second-order valence-corrected chi connectivity index (χ2v) is 11.7. The second-order valence-electron chi connectivity index (χ2n) is 8.72. The van der Waals surface area contributed by atoms with Gasteiger partial charge in [-0.1, -0.05) is 30.3 Å². The zero-order valence-corrected chi connectivity index (χ0v) is 23.6. The molecule has 0 radical (unpaired) electrons. The van der Waals surface area contributed by atoms with Crippen molar-refractivity contribution < 1.29 is 28.6 Å². The molecule has 1 amide bonds. The number of rotatable bonds is 8. The van der Waals surface area contributed by atoms with Crippen molar-refractivity contribution in [2.24, 2.45) is 0 Å². The van der Waals surface area contributed by atoms with E-state index in [1.165, 1.54) is 53.4 Å². The SMILES string of the molecule is COc1cc(CC(=O)O)c(F)cc1-c1cc2sc(-c3snc(C)c3NC(=O)O[C@H](C)c3ccccc3)cc2s1. The largest absolute Gasteiger partial charge is 0.496 e. The van der Waals surface area contributed by atoms with E-state index < -0.39 is 30.4 Å². The van der Waals surface area contributed by atoms with Crippen LogP contribution in [0.25, 0.3) is 29.6 Å². The third kappa shape index (κ3) is 5.65. The summed E-state index contributed by atoms with van der Waals surface area (Å²) >= 11 is 4.31. The van der Waals surface area contributed by atoms with Gasteiger partial charge in [0.15, 0.2) is 0 Å². The van der Waals surface area contributed by atoms with Crippen LogP contribution in [0.2, 0.25) is 0 Å². The van der Waals surface area contributed by atoms with E-state index in [-0.39, 0.29) is 5.56 Å². The summed E-state index contributed by atoms with van der Waals surface area (Å²) in [5.41, 5.74) is 2.83. The predicted octanol–water partition coefficient (Wildman–Crippen LogP) is 8.15. The Labute approximate surface area is 235 Å². The van der Waals surface area contributed by atoms with Crippen molar-refractivity contribution in [1.29, 1.82) is 0 Å². The molecular formula is C28H23FN2O5S3. The number of hydrogen-bond acceptors (Lipinski definition) is 8. The predicted molar refractivity (Wildman–Crippen MR) is 154 cm³/mol. The number of aryl methyl sites for hydroxylation is 1. The molecule has 200 valence electrons. The van der Waals surface area contributed by atoms with E-state index in [1.807, 2.05) is 56.3 Å². The van der Waals surface area contributed by atoms with Crippen molar-refractivity contribution in [2.75, 3.05) is 12.4 Å². The lowest BCUT2D eigenvalue weighted by molar-refractivity contribution is -0.136. The van der Waals surface area contributed by atoms with Crippen LogP contribution in [0.1, 0.15) is 29.8 Å². The number of thiophene rings is 2. The quantitative estimate of drug-likeness (QED) is 0.192. The Morgan fingerprint density at radius 1 is 1.08 bits per heavy atom.